The van der Waals surface area contributed by atoms with Crippen LogP contribution in [0.3, 0.4) is 0 Å². The van der Waals surface area contributed by atoms with Crippen molar-refractivity contribution in [2.75, 3.05) is 11.9 Å². The van der Waals surface area contributed by atoms with Gasteiger partial charge in [0.15, 0.2) is 5.82 Å². The molecule has 144 valence electrons. The number of amides is 1. The molecule has 0 fully saturated rings. The van der Waals surface area contributed by atoms with Gasteiger partial charge >= 0.3 is 0 Å². The summed E-state index contributed by atoms with van der Waals surface area (Å²) in [5.74, 6) is 0.997. The molecule has 3 rings (SSSR count). The van der Waals surface area contributed by atoms with E-state index in [0.717, 1.165) is 43.0 Å². The molecule has 0 unspecified atom stereocenters. The Morgan fingerprint density at radius 1 is 1.23 bits per heavy atom. The average Bonchev–Trinajstić information content (AvgIpc) is 2.83. The highest BCUT2D eigenvalue weighted by Gasteiger charge is 2.17. The van der Waals surface area contributed by atoms with Crippen LogP contribution in [0.25, 0.3) is 11.4 Å². The second kappa shape index (κ2) is 10.4. The van der Waals surface area contributed by atoms with Crippen molar-refractivity contribution in [3.63, 3.8) is 0 Å². The summed E-state index contributed by atoms with van der Waals surface area (Å²) < 4.78 is 16.1. The van der Waals surface area contributed by atoms with Crippen LogP contribution in [0.4, 0.5) is 10.1 Å². The van der Waals surface area contributed by atoms with Gasteiger partial charge in [0.05, 0.1) is 5.69 Å². The van der Waals surface area contributed by atoms with Crippen molar-refractivity contribution in [1.29, 1.82) is 0 Å². The van der Waals surface area contributed by atoms with Gasteiger partial charge in [0.25, 0.3) is 0 Å². The number of nitrogens with two attached hydrogens (primary N) is 1. The Morgan fingerprint density at radius 3 is 2.81 bits per heavy atom. The quantitative estimate of drug-likeness (QED) is 0.801. The Kier molecular flexibility index (Phi) is 8.98. The van der Waals surface area contributed by atoms with Gasteiger partial charge < -0.3 is 15.6 Å². The number of anilines is 1. The van der Waals surface area contributed by atoms with Crippen LogP contribution >= 0.6 is 24.8 Å². The molecule has 2 heterocycles. The molecule has 0 spiro atoms. The highest BCUT2D eigenvalue weighted by molar-refractivity contribution is 5.91. The van der Waals surface area contributed by atoms with Crippen molar-refractivity contribution in [2.45, 2.75) is 45.1 Å². The zero-order valence-corrected chi connectivity index (χ0v) is 16.0. The Morgan fingerprint density at radius 2 is 2.04 bits per heavy atom. The average molecular weight is 404 g/mol. The number of nitrogens with zero attached hydrogens (tertiary/aromatic N) is 3. The fourth-order valence-corrected chi connectivity index (χ4v) is 2.93. The zero-order chi connectivity index (χ0) is 16.9. The van der Waals surface area contributed by atoms with Crippen molar-refractivity contribution >= 4 is 36.4 Å². The lowest BCUT2D eigenvalue weighted by molar-refractivity contribution is -0.116. The first-order valence-electron chi connectivity index (χ1n) is 8.41. The molecular formula is C17H24Cl2FN5O. The van der Waals surface area contributed by atoms with Gasteiger partial charge in [0, 0.05) is 24.9 Å². The summed E-state index contributed by atoms with van der Waals surface area (Å²) in [6, 6.07) is 4.65. The first-order chi connectivity index (χ1) is 11.7. The van der Waals surface area contributed by atoms with Crippen molar-refractivity contribution in [3.8, 4) is 11.4 Å². The van der Waals surface area contributed by atoms with Crippen LogP contribution in [0, 0.1) is 5.82 Å². The Labute approximate surface area is 164 Å². The first kappa shape index (κ1) is 22.3. The molecular weight excluding hydrogens is 380 g/mol. The number of hydrogen-bond donors (Lipinski definition) is 2. The smallest absolute Gasteiger partial charge is 0.224 e. The number of aryl methyl sites for hydroxylation is 1. The van der Waals surface area contributed by atoms with Gasteiger partial charge in [0.2, 0.25) is 5.91 Å². The third-order valence-corrected chi connectivity index (χ3v) is 4.22. The van der Waals surface area contributed by atoms with Crippen molar-refractivity contribution in [2.24, 2.45) is 5.73 Å². The number of fused-ring (bicyclic) bond motifs is 1. The van der Waals surface area contributed by atoms with Gasteiger partial charge in [-0.2, -0.15) is 0 Å². The minimum Gasteiger partial charge on any atom is -0.330 e. The van der Waals surface area contributed by atoms with E-state index in [1.54, 1.807) is 12.1 Å². The number of rotatable bonds is 5. The van der Waals surface area contributed by atoms with Gasteiger partial charge in [-0.05, 0) is 44.0 Å². The summed E-state index contributed by atoms with van der Waals surface area (Å²) in [6.45, 7) is 1.30. The molecule has 1 aliphatic rings. The molecule has 2 aromatic rings. The summed E-state index contributed by atoms with van der Waals surface area (Å²) in [5.41, 5.74) is 6.32. The van der Waals surface area contributed by atoms with Crippen LogP contribution in [0.15, 0.2) is 18.2 Å². The monoisotopic (exact) mass is 403 g/mol. The minimum absolute atomic E-state index is 0. The lowest BCUT2D eigenvalue weighted by atomic mass is 10.1. The molecule has 1 aliphatic heterocycles. The van der Waals surface area contributed by atoms with E-state index in [0.29, 0.717) is 13.0 Å². The molecule has 1 amide bonds. The van der Waals surface area contributed by atoms with Gasteiger partial charge in [-0.3, -0.25) is 4.79 Å². The van der Waals surface area contributed by atoms with Crippen LogP contribution < -0.4 is 11.1 Å². The van der Waals surface area contributed by atoms with Crippen LogP contribution in [0.5, 0.6) is 0 Å². The molecule has 9 heteroatoms. The van der Waals surface area contributed by atoms with Gasteiger partial charge in [-0.1, -0.05) is 6.42 Å². The van der Waals surface area contributed by atoms with E-state index in [-0.39, 0.29) is 42.8 Å². The first-order valence-corrected chi connectivity index (χ1v) is 8.41. The highest BCUT2D eigenvalue weighted by Crippen LogP contribution is 2.26. The maximum absolute atomic E-state index is 14.0. The highest BCUT2D eigenvalue weighted by atomic mass is 35.5. The topological polar surface area (TPSA) is 85.8 Å². The predicted octanol–water partition coefficient (Wildman–Crippen LogP) is 3.33. The number of benzene rings is 1. The lowest BCUT2D eigenvalue weighted by Crippen LogP contribution is -2.14. The zero-order valence-electron chi connectivity index (χ0n) is 14.4. The van der Waals surface area contributed by atoms with Crippen LogP contribution in [-0.2, 0) is 17.8 Å². The van der Waals surface area contributed by atoms with E-state index >= 15 is 0 Å². The number of hydrogen-bond acceptors (Lipinski definition) is 4. The standard InChI is InChI=1S/C17H22FN5O.2ClH/c18-13-8-7-12(11-14(13)20-16(24)6-4-9-19)17-22-21-15-5-2-1-3-10-23(15)17;;/h7-8,11H,1-6,9-10,19H2,(H,20,24);2*1H. The molecule has 0 bridgehead atoms. The summed E-state index contributed by atoms with van der Waals surface area (Å²) in [7, 11) is 0. The summed E-state index contributed by atoms with van der Waals surface area (Å²) in [6.07, 6.45) is 5.14. The summed E-state index contributed by atoms with van der Waals surface area (Å²) >= 11 is 0. The molecule has 3 N–H and O–H groups in total. The number of carbonyl (C=O) groups excluding carboxylic acids is 1. The SMILES string of the molecule is Cl.Cl.NCCCC(=O)Nc1cc(-c2nnc3n2CCCCC3)ccc1F. The maximum atomic E-state index is 14.0. The number of halogens is 3. The second-order valence-electron chi connectivity index (χ2n) is 6.04. The number of carbonyl (C=O) groups is 1. The fourth-order valence-electron chi connectivity index (χ4n) is 2.93. The molecule has 0 saturated carbocycles. The van der Waals surface area contributed by atoms with E-state index in [1.165, 1.54) is 12.5 Å². The van der Waals surface area contributed by atoms with Crippen molar-refractivity contribution in [3.05, 3.63) is 29.8 Å². The lowest BCUT2D eigenvalue weighted by Gasteiger charge is -2.10. The minimum atomic E-state index is -0.463. The van der Waals surface area contributed by atoms with Gasteiger partial charge in [-0.15, -0.1) is 35.0 Å². The Balaban J connectivity index is 0.00000169. The third-order valence-electron chi connectivity index (χ3n) is 4.22. The Hall–Kier alpha value is -1.70. The van der Waals surface area contributed by atoms with E-state index in [1.807, 2.05) is 0 Å². The van der Waals surface area contributed by atoms with Crippen LogP contribution in [0.1, 0.15) is 37.9 Å². The van der Waals surface area contributed by atoms with Crippen LogP contribution in [0.2, 0.25) is 0 Å². The van der Waals surface area contributed by atoms with Crippen molar-refractivity contribution < 1.29 is 9.18 Å². The maximum Gasteiger partial charge on any atom is 0.224 e. The van der Waals surface area contributed by atoms with Gasteiger partial charge in [0.1, 0.15) is 11.6 Å². The normalized spacial score (nSPS) is 13.0. The van der Waals surface area contributed by atoms with E-state index in [2.05, 4.69) is 20.1 Å². The molecule has 1 aromatic heterocycles. The predicted molar refractivity (Wildman–Crippen MR) is 104 cm³/mol. The van der Waals surface area contributed by atoms with E-state index in [4.69, 9.17) is 5.73 Å². The Bertz CT molecular complexity index is 738. The molecule has 26 heavy (non-hydrogen) atoms. The van der Waals surface area contributed by atoms with E-state index in [9.17, 15) is 9.18 Å². The van der Waals surface area contributed by atoms with Gasteiger partial charge in [-0.25, -0.2) is 4.39 Å². The third kappa shape index (κ3) is 5.16. The fraction of sp³-hybridized carbons (Fsp3) is 0.471. The number of aromatic nitrogens is 3. The largest absolute Gasteiger partial charge is 0.330 e. The van der Waals surface area contributed by atoms with Crippen molar-refractivity contribution in [1.82, 2.24) is 14.8 Å². The van der Waals surface area contributed by atoms with Crippen LogP contribution in [-0.4, -0.2) is 27.2 Å². The summed E-state index contributed by atoms with van der Waals surface area (Å²) in [4.78, 5) is 11.8. The molecule has 1 aromatic carbocycles. The molecule has 0 atom stereocenters. The van der Waals surface area contributed by atoms with E-state index < -0.39 is 5.82 Å². The summed E-state index contributed by atoms with van der Waals surface area (Å²) in [5, 5.41) is 11.1. The number of nitrogens with one attached hydrogen (secondary N) is 1. The molecule has 6 nitrogen and oxygen atoms in total. The molecule has 0 aliphatic carbocycles. The second-order valence-corrected chi connectivity index (χ2v) is 6.04. The molecule has 0 radical (unpaired) electrons. The molecule has 0 saturated heterocycles.